The quantitative estimate of drug-likeness (QED) is 0.281. The highest BCUT2D eigenvalue weighted by molar-refractivity contribution is 5.96. The highest BCUT2D eigenvalue weighted by Crippen LogP contribution is 2.42. The number of aromatic nitrogens is 1. The van der Waals surface area contributed by atoms with E-state index in [-0.39, 0.29) is 23.6 Å². The zero-order valence-electron chi connectivity index (χ0n) is 21.7. The molecule has 2 saturated heterocycles. The van der Waals surface area contributed by atoms with Gasteiger partial charge < -0.3 is 25.3 Å². The number of ether oxygens (including phenoxy) is 2. The first-order valence-corrected chi connectivity index (χ1v) is 12.6. The summed E-state index contributed by atoms with van der Waals surface area (Å²) in [5, 5.41) is 12.5. The van der Waals surface area contributed by atoms with Crippen molar-refractivity contribution in [3.8, 4) is 5.88 Å². The third kappa shape index (κ3) is 5.42. The van der Waals surface area contributed by atoms with Crippen LogP contribution in [0.25, 0.3) is 0 Å². The minimum Gasteiger partial charge on any atom is -0.473 e. The van der Waals surface area contributed by atoms with Gasteiger partial charge >= 0.3 is 6.09 Å². The first kappa shape index (κ1) is 25.3. The van der Waals surface area contributed by atoms with Gasteiger partial charge in [0.05, 0.1) is 5.54 Å². The summed E-state index contributed by atoms with van der Waals surface area (Å²) in [6, 6.07) is 4.07. The second-order valence-corrected chi connectivity index (χ2v) is 11.2. The second-order valence-electron chi connectivity index (χ2n) is 11.2. The molecular formula is C25H40N6O4. The number of anilines is 1. The monoisotopic (exact) mass is 488 g/mol. The smallest absolute Gasteiger partial charge is 0.410 e. The predicted molar refractivity (Wildman–Crippen MR) is 134 cm³/mol. The zero-order valence-corrected chi connectivity index (χ0v) is 21.7. The van der Waals surface area contributed by atoms with Crippen LogP contribution in [0.2, 0.25) is 0 Å². The van der Waals surface area contributed by atoms with Crippen LogP contribution in [0.15, 0.2) is 17.3 Å². The van der Waals surface area contributed by atoms with Gasteiger partial charge in [-0.25, -0.2) is 9.78 Å². The number of nitrogens with two attached hydrogens (primary N) is 1. The normalized spacial score (nSPS) is 23.8. The Morgan fingerprint density at radius 2 is 2.00 bits per heavy atom. The third-order valence-electron chi connectivity index (χ3n) is 7.50. The number of carbonyl (C=O) groups is 1. The number of amidine groups is 1. The van der Waals surface area contributed by atoms with Crippen molar-refractivity contribution >= 4 is 17.6 Å². The van der Waals surface area contributed by atoms with E-state index in [0.717, 1.165) is 44.3 Å². The molecule has 0 unspecified atom stereocenters. The largest absolute Gasteiger partial charge is 0.473 e. The van der Waals surface area contributed by atoms with Gasteiger partial charge in [-0.05, 0) is 79.5 Å². The summed E-state index contributed by atoms with van der Waals surface area (Å²) in [7, 11) is 2.12. The van der Waals surface area contributed by atoms with Crippen LogP contribution in [0.4, 0.5) is 10.5 Å². The molecule has 0 radical (unpaired) electrons. The summed E-state index contributed by atoms with van der Waals surface area (Å²) in [5.74, 6) is 0.391. The Hall–Kier alpha value is -2.75. The molecule has 1 aromatic rings. The molecule has 2 aliphatic heterocycles. The number of likely N-dealkylation sites (tertiary alicyclic amines) is 1. The van der Waals surface area contributed by atoms with Crippen LogP contribution < -0.4 is 15.4 Å². The summed E-state index contributed by atoms with van der Waals surface area (Å²) < 4.78 is 12.0. The summed E-state index contributed by atoms with van der Waals surface area (Å²) in [6.45, 7) is 10.7. The van der Waals surface area contributed by atoms with Crippen molar-refractivity contribution in [1.29, 1.82) is 0 Å². The molecule has 35 heavy (non-hydrogen) atoms. The van der Waals surface area contributed by atoms with Crippen LogP contribution in [0, 0.1) is 0 Å². The van der Waals surface area contributed by atoms with Crippen LogP contribution in [-0.2, 0) is 4.74 Å². The van der Waals surface area contributed by atoms with Crippen molar-refractivity contribution < 1.29 is 19.5 Å². The summed E-state index contributed by atoms with van der Waals surface area (Å²) in [5.41, 5.74) is 6.41. The van der Waals surface area contributed by atoms with Crippen molar-refractivity contribution in [2.75, 3.05) is 38.1 Å². The number of piperazine rings is 1. The first-order chi connectivity index (χ1) is 16.5. The summed E-state index contributed by atoms with van der Waals surface area (Å²) in [4.78, 5) is 24.0. The molecule has 1 aromatic heterocycles. The van der Waals surface area contributed by atoms with E-state index in [1.165, 1.54) is 0 Å². The predicted octanol–water partition coefficient (Wildman–Crippen LogP) is 3.02. The Balaban J connectivity index is 1.57. The first-order valence-electron chi connectivity index (χ1n) is 12.6. The van der Waals surface area contributed by atoms with E-state index in [2.05, 4.69) is 33.9 Å². The molecule has 2 atom stereocenters. The molecule has 3 aliphatic rings. The fourth-order valence-electron chi connectivity index (χ4n) is 5.53. The molecule has 10 heteroatoms. The van der Waals surface area contributed by atoms with Crippen LogP contribution >= 0.6 is 0 Å². The molecule has 10 nitrogen and oxygen atoms in total. The molecule has 0 bridgehead atoms. The molecule has 0 aromatic carbocycles. The molecule has 1 aliphatic carbocycles. The summed E-state index contributed by atoms with van der Waals surface area (Å²) in [6.07, 6.45) is 4.90. The number of likely N-dealkylation sites (N-methyl/N-ethyl adjacent to an activating group) is 1. The van der Waals surface area contributed by atoms with Crippen LogP contribution in [0.3, 0.4) is 0 Å². The van der Waals surface area contributed by atoms with Gasteiger partial charge in [0.1, 0.15) is 17.4 Å². The molecule has 4 rings (SSSR count). The topological polar surface area (TPSA) is 117 Å². The van der Waals surface area contributed by atoms with Gasteiger partial charge in [0, 0.05) is 37.4 Å². The minimum atomic E-state index is -0.531. The van der Waals surface area contributed by atoms with Crippen molar-refractivity contribution in [1.82, 2.24) is 14.8 Å². The lowest BCUT2D eigenvalue weighted by molar-refractivity contribution is -0.0310. The Labute approximate surface area is 208 Å². The Morgan fingerprint density at radius 3 is 2.57 bits per heavy atom. The van der Waals surface area contributed by atoms with Gasteiger partial charge in [-0.2, -0.15) is 0 Å². The van der Waals surface area contributed by atoms with Crippen molar-refractivity contribution in [3.63, 3.8) is 0 Å². The Bertz CT molecular complexity index is 958. The maximum absolute atomic E-state index is 13.0. The van der Waals surface area contributed by atoms with E-state index in [4.69, 9.17) is 15.2 Å². The average Bonchev–Trinajstić information content (AvgIpc) is 3.21. The lowest BCUT2D eigenvalue weighted by Crippen LogP contribution is -2.67. The Morgan fingerprint density at radius 1 is 1.26 bits per heavy atom. The van der Waals surface area contributed by atoms with E-state index in [1.54, 1.807) is 0 Å². The van der Waals surface area contributed by atoms with Gasteiger partial charge in [0.15, 0.2) is 5.84 Å². The van der Waals surface area contributed by atoms with Gasteiger partial charge in [0.2, 0.25) is 5.88 Å². The standard InChI is InChI=1S/C25H40N6O4/c1-17(20-8-6-11-29(20)5)34-21-15-18(14-19(27-21)22(26)28-33)30-12-13-31(23(32)35-24(2,3)4)25(16-30)9-7-10-25/h14-15,17,20,33H,6-13,16H2,1-5H3,(H2,26,28)/t17-,20-/m0/s1. The van der Waals surface area contributed by atoms with Crippen molar-refractivity contribution in [3.05, 3.63) is 17.8 Å². The number of hydrogen-bond donors (Lipinski definition) is 2. The number of carbonyl (C=O) groups excluding carboxylic acids is 1. The lowest BCUT2D eigenvalue weighted by Gasteiger charge is -2.56. The molecule has 3 N–H and O–H groups in total. The van der Waals surface area contributed by atoms with Crippen LogP contribution in [0.1, 0.15) is 65.5 Å². The maximum atomic E-state index is 13.0. The number of amides is 1. The second kappa shape index (κ2) is 9.72. The minimum absolute atomic E-state index is 0.0487. The molecular weight excluding hydrogens is 448 g/mol. The highest BCUT2D eigenvalue weighted by atomic mass is 16.6. The number of oxime groups is 1. The maximum Gasteiger partial charge on any atom is 0.410 e. The van der Waals surface area contributed by atoms with Crippen molar-refractivity contribution in [2.45, 2.75) is 83.1 Å². The lowest BCUT2D eigenvalue weighted by atomic mass is 9.73. The highest BCUT2D eigenvalue weighted by Gasteiger charge is 2.49. The van der Waals surface area contributed by atoms with E-state index in [0.29, 0.717) is 37.3 Å². The number of hydrogen-bond acceptors (Lipinski definition) is 8. The summed E-state index contributed by atoms with van der Waals surface area (Å²) >= 11 is 0. The number of pyridine rings is 1. The third-order valence-corrected chi connectivity index (χ3v) is 7.50. The van der Waals surface area contributed by atoms with Crippen LogP contribution in [0.5, 0.6) is 5.88 Å². The van der Waals surface area contributed by atoms with E-state index in [9.17, 15) is 10.0 Å². The van der Waals surface area contributed by atoms with E-state index < -0.39 is 5.60 Å². The van der Waals surface area contributed by atoms with Crippen molar-refractivity contribution in [2.24, 2.45) is 10.9 Å². The molecule has 3 fully saturated rings. The van der Waals surface area contributed by atoms with Crippen LogP contribution in [-0.4, -0.2) is 88.4 Å². The fourth-order valence-corrected chi connectivity index (χ4v) is 5.53. The SMILES string of the molecule is C[C@H](Oc1cc(N2CCN(C(=O)OC(C)(C)C)C3(CCC3)C2)cc(/C(N)=N/O)n1)[C@@H]1CCCN1C. The number of rotatable bonds is 5. The van der Waals surface area contributed by atoms with Gasteiger partial charge in [-0.3, -0.25) is 9.80 Å². The fraction of sp³-hybridized carbons (Fsp3) is 0.720. The number of nitrogens with zero attached hydrogens (tertiary/aromatic N) is 5. The average molecular weight is 489 g/mol. The molecule has 1 spiro atoms. The van der Waals surface area contributed by atoms with Gasteiger partial charge in [-0.1, -0.05) is 5.16 Å². The molecule has 1 saturated carbocycles. The molecule has 3 heterocycles. The molecule has 194 valence electrons. The Kier molecular flexibility index (Phi) is 7.04. The van der Waals surface area contributed by atoms with E-state index >= 15 is 0 Å². The molecule has 1 amide bonds. The zero-order chi connectivity index (χ0) is 25.4. The van der Waals surface area contributed by atoms with E-state index in [1.807, 2.05) is 37.8 Å². The van der Waals surface area contributed by atoms with Gasteiger partial charge in [-0.15, -0.1) is 0 Å². The van der Waals surface area contributed by atoms with Gasteiger partial charge in [0.25, 0.3) is 0 Å².